The van der Waals surface area contributed by atoms with Crippen molar-refractivity contribution in [3.63, 3.8) is 0 Å². The molecule has 0 aliphatic carbocycles. The van der Waals surface area contributed by atoms with Crippen LogP contribution in [0.15, 0.2) is 24.3 Å². The minimum absolute atomic E-state index is 0.868. The smallest absolute Gasteiger partial charge is 0.106 e. The summed E-state index contributed by atoms with van der Waals surface area (Å²) < 4.78 is 0. The van der Waals surface area contributed by atoms with E-state index < -0.39 is 0 Å². The molecule has 2 nitrogen and oxygen atoms in total. The minimum Gasteiger partial charge on any atom is -0.399 e. The van der Waals surface area contributed by atoms with Gasteiger partial charge in [-0.05, 0) is 18.6 Å². The Kier molecular flexibility index (Phi) is 3.96. The molecule has 1 aromatic rings. The number of carbonyl (C=O) groups is 1. The number of aryl methyl sites for hydroxylation is 1. The number of anilines is 1. The number of rotatable bonds is 0. The summed E-state index contributed by atoms with van der Waals surface area (Å²) in [5.74, 6) is 0. The first kappa shape index (κ1) is 8.69. The number of nitrogen functional groups attached to an aromatic ring is 1. The first-order chi connectivity index (χ1) is 4.80. The molecule has 0 saturated heterocycles. The largest absolute Gasteiger partial charge is 0.399 e. The standard InChI is InChI=1S/C7H9N.CH2O/c1-6-4-2-3-5-7(6)8;1-2/h2-5H,8H2,1H3;1H2. The molecule has 54 valence electrons. The normalized spacial score (nSPS) is 7.70. The van der Waals surface area contributed by atoms with Crippen LogP contribution in [0.3, 0.4) is 0 Å². The molecule has 0 aliphatic rings. The van der Waals surface area contributed by atoms with Gasteiger partial charge in [0.1, 0.15) is 6.79 Å². The molecule has 0 aliphatic heterocycles. The maximum absolute atomic E-state index is 8.00. The van der Waals surface area contributed by atoms with Gasteiger partial charge in [-0.1, -0.05) is 18.2 Å². The van der Waals surface area contributed by atoms with E-state index in [1.807, 2.05) is 38.0 Å². The summed E-state index contributed by atoms with van der Waals surface area (Å²) in [6.07, 6.45) is 0. The third-order valence-electron chi connectivity index (χ3n) is 1.19. The van der Waals surface area contributed by atoms with Crippen LogP contribution >= 0.6 is 0 Å². The van der Waals surface area contributed by atoms with Gasteiger partial charge in [-0.15, -0.1) is 0 Å². The van der Waals surface area contributed by atoms with E-state index in [1.54, 1.807) is 0 Å². The van der Waals surface area contributed by atoms with Gasteiger partial charge in [0.25, 0.3) is 0 Å². The molecule has 2 heteroatoms. The maximum Gasteiger partial charge on any atom is 0.106 e. The summed E-state index contributed by atoms with van der Waals surface area (Å²) in [5, 5.41) is 0. The summed E-state index contributed by atoms with van der Waals surface area (Å²) in [5.41, 5.74) is 7.53. The van der Waals surface area contributed by atoms with Crippen molar-refractivity contribution in [2.45, 2.75) is 6.92 Å². The van der Waals surface area contributed by atoms with Crippen LogP contribution in [0.2, 0.25) is 0 Å². The van der Waals surface area contributed by atoms with Crippen LogP contribution in [-0.4, -0.2) is 6.79 Å². The van der Waals surface area contributed by atoms with E-state index in [2.05, 4.69) is 0 Å². The minimum atomic E-state index is 0.868. The summed E-state index contributed by atoms with van der Waals surface area (Å²) in [6, 6.07) is 7.80. The number of benzene rings is 1. The van der Waals surface area contributed by atoms with Gasteiger partial charge < -0.3 is 10.5 Å². The second-order valence-electron chi connectivity index (χ2n) is 1.86. The molecule has 0 fully saturated rings. The third kappa shape index (κ3) is 2.31. The number of carbonyl (C=O) groups excluding carboxylic acids is 1. The number of para-hydroxylation sites is 1. The van der Waals surface area contributed by atoms with Crippen LogP contribution in [0.5, 0.6) is 0 Å². The third-order valence-corrected chi connectivity index (χ3v) is 1.19. The quantitative estimate of drug-likeness (QED) is 0.549. The number of hydrogen-bond donors (Lipinski definition) is 1. The average Bonchev–Trinajstić information content (AvgIpc) is 2.00. The van der Waals surface area contributed by atoms with Gasteiger partial charge >= 0.3 is 0 Å². The summed E-state index contributed by atoms with van der Waals surface area (Å²) in [6.45, 7) is 4.00. The van der Waals surface area contributed by atoms with Crippen molar-refractivity contribution < 1.29 is 4.79 Å². The lowest BCUT2D eigenvalue weighted by atomic mass is 10.2. The molecule has 1 rings (SSSR count). The highest BCUT2D eigenvalue weighted by Gasteiger charge is 1.84. The molecule has 0 radical (unpaired) electrons. The Morgan fingerprint density at radius 2 is 1.80 bits per heavy atom. The van der Waals surface area contributed by atoms with E-state index in [9.17, 15) is 0 Å². The van der Waals surface area contributed by atoms with Gasteiger partial charge in [-0.3, -0.25) is 0 Å². The first-order valence-corrected chi connectivity index (χ1v) is 2.90. The SMILES string of the molecule is C=O.Cc1ccccc1N. The lowest BCUT2D eigenvalue weighted by Crippen LogP contribution is -1.85. The molecule has 0 unspecified atom stereocenters. The number of hydrogen-bond acceptors (Lipinski definition) is 2. The number of nitrogens with two attached hydrogens (primary N) is 1. The monoisotopic (exact) mass is 137 g/mol. The predicted molar refractivity (Wildman–Crippen MR) is 42.7 cm³/mol. The highest BCUT2D eigenvalue weighted by Crippen LogP contribution is 2.06. The fourth-order valence-electron chi connectivity index (χ4n) is 0.587. The Labute approximate surface area is 60.7 Å². The average molecular weight is 137 g/mol. The van der Waals surface area contributed by atoms with Crippen LogP contribution in [0, 0.1) is 6.92 Å². The van der Waals surface area contributed by atoms with Crippen LogP contribution in [-0.2, 0) is 4.79 Å². The zero-order chi connectivity index (χ0) is 7.98. The fraction of sp³-hybridized carbons (Fsp3) is 0.125. The lowest BCUT2D eigenvalue weighted by molar-refractivity contribution is -0.0979. The molecule has 2 N–H and O–H groups in total. The van der Waals surface area contributed by atoms with Crippen molar-refractivity contribution in [2.75, 3.05) is 5.73 Å². The summed E-state index contributed by atoms with van der Waals surface area (Å²) >= 11 is 0. The van der Waals surface area contributed by atoms with E-state index in [0.29, 0.717) is 0 Å². The topological polar surface area (TPSA) is 43.1 Å². The Bertz CT molecular complexity index is 177. The van der Waals surface area contributed by atoms with E-state index >= 15 is 0 Å². The van der Waals surface area contributed by atoms with Gasteiger partial charge in [-0.25, -0.2) is 0 Å². The van der Waals surface area contributed by atoms with E-state index in [4.69, 9.17) is 10.5 Å². The molecule has 0 saturated carbocycles. The Morgan fingerprint density at radius 3 is 2.10 bits per heavy atom. The van der Waals surface area contributed by atoms with Crippen LogP contribution in [0.1, 0.15) is 5.56 Å². The Balaban J connectivity index is 0.000000371. The Morgan fingerprint density at radius 1 is 1.30 bits per heavy atom. The second-order valence-corrected chi connectivity index (χ2v) is 1.86. The molecule has 0 atom stereocenters. The van der Waals surface area contributed by atoms with Crippen LogP contribution in [0.4, 0.5) is 5.69 Å². The molecule has 0 spiro atoms. The highest BCUT2D eigenvalue weighted by molar-refractivity contribution is 5.44. The molecular formula is C8H11NO. The Hall–Kier alpha value is -1.31. The maximum atomic E-state index is 8.00. The molecule has 0 heterocycles. The van der Waals surface area contributed by atoms with Gasteiger partial charge in [0.15, 0.2) is 0 Å². The molecule has 0 bridgehead atoms. The van der Waals surface area contributed by atoms with Gasteiger partial charge in [0, 0.05) is 5.69 Å². The van der Waals surface area contributed by atoms with Gasteiger partial charge in [-0.2, -0.15) is 0 Å². The summed E-state index contributed by atoms with van der Waals surface area (Å²) in [7, 11) is 0. The zero-order valence-corrected chi connectivity index (χ0v) is 6.00. The predicted octanol–water partition coefficient (Wildman–Crippen LogP) is 1.39. The van der Waals surface area contributed by atoms with Crippen LogP contribution in [0.25, 0.3) is 0 Å². The fourth-order valence-corrected chi connectivity index (χ4v) is 0.587. The zero-order valence-electron chi connectivity index (χ0n) is 6.00. The summed E-state index contributed by atoms with van der Waals surface area (Å²) in [4.78, 5) is 8.00. The van der Waals surface area contributed by atoms with Crippen molar-refractivity contribution in [3.8, 4) is 0 Å². The van der Waals surface area contributed by atoms with E-state index in [0.717, 1.165) is 11.3 Å². The van der Waals surface area contributed by atoms with Crippen molar-refractivity contribution in [3.05, 3.63) is 29.8 Å². The first-order valence-electron chi connectivity index (χ1n) is 2.90. The van der Waals surface area contributed by atoms with Crippen molar-refractivity contribution >= 4 is 12.5 Å². The lowest BCUT2D eigenvalue weighted by Gasteiger charge is -1.93. The second kappa shape index (κ2) is 4.56. The molecular weight excluding hydrogens is 126 g/mol. The van der Waals surface area contributed by atoms with Crippen molar-refractivity contribution in [2.24, 2.45) is 0 Å². The van der Waals surface area contributed by atoms with E-state index in [1.165, 1.54) is 0 Å². The van der Waals surface area contributed by atoms with Crippen LogP contribution < -0.4 is 5.73 Å². The van der Waals surface area contributed by atoms with Gasteiger partial charge in [0.2, 0.25) is 0 Å². The van der Waals surface area contributed by atoms with Gasteiger partial charge in [0.05, 0.1) is 0 Å². The molecule has 0 amide bonds. The van der Waals surface area contributed by atoms with Crippen molar-refractivity contribution in [1.82, 2.24) is 0 Å². The highest BCUT2D eigenvalue weighted by atomic mass is 16.1. The van der Waals surface area contributed by atoms with E-state index in [-0.39, 0.29) is 0 Å². The molecule has 0 aromatic heterocycles. The molecule has 10 heavy (non-hydrogen) atoms. The molecule has 1 aromatic carbocycles. The van der Waals surface area contributed by atoms with Crippen molar-refractivity contribution in [1.29, 1.82) is 0 Å².